The Bertz CT molecular complexity index is 1110. The van der Waals surface area contributed by atoms with E-state index in [9.17, 15) is 27.9 Å². The maximum atomic E-state index is 13.7. The maximum Gasteiger partial charge on any atom is 0.416 e. The summed E-state index contributed by atoms with van der Waals surface area (Å²) >= 11 is 0. The molecule has 3 aromatic rings. The summed E-state index contributed by atoms with van der Waals surface area (Å²) in [5, 5.41) is 21.6. The van der Waals surface area contributed by atoms with Crippen molar-refractivity contribution in [2.75, 3.05) is 7.11 Å². The van der Waals surface area contributed by atoms with Gasteiger partial charge in [-0.2, -0.15) is 13.2 Å². The summed E-state index contributed by atoms with van der Waals surface area (Å²) in [6.45, 7) is 0. The molecule has 0 spiro atoms. The summed E-state index contributed by atoms with van der Waals surface area (Å²) in [5.74, 6) is -1.22. The number of hydrogen-bond acceptors (Lipinski definition) is 4. The molecule has 4 N–H and O–H groups in total. The summed E-state index contributed by atoms with van der Waals surface area (Å²) < 4.78 is 59.6. The molecule has 0 unspecified atom stereocenters. The second kappa shape index (κ2) is 7.94. The van der Waals surface area contributed by atoms with Gasteiger partial charge in [0.2, 0.25) is 0 Å². The molecule has 30 heavy (non-hydrogen) atoms. The average molecular weight is 420 g/mol. The molecule has 0 bridgehead atoms. The van der Waals surface area contributed by atoms with E-state index in [0.717, 1.165) is 24.3 Å². The summed E-state index contributed by atoms with van der Waals surface area (Å²) in [4.78, 5) is 0. The monoisotopic (exact) mass is 420 g/mol. The second-order valence-corrected chi connectivity index (χ2v) is 6.32. The van der Waals surface area contributed by atoms with Crippen molar-refractivity contribution >= 4 is 5.84 Å². The number of ether oxygens (including phenoxy) is 1. The minimum Gasteiger partial charge on any atom is -0.508 e. The number of oxime groups is 1. The fourth-order valence-corrected chi connectivity index (χ4v) is 3.09. The first kappa shape index (κ1) is 21.0. The van der Waals surface area contributed by atoms with E-state index in [1.165, 1.54) is 37.4 Å². The zero-order valence-electron chi connectivity index (χ0n) is 15.5. The fourth-order valence-electron chi connectivity index (χ4n) is 3.09. The molecule has 0 aliphatic heterocycles. The second-order valence-electron chi connectivity index (χ2n) is 6.32. The number of rotatable bonds is 4. The van der Waals surface area contributed by atoms with Crippen LogP contribution in [-0.4, -0.2) is 23.3 Å². The zero-order valence-corrected chi connectivity index (χ0v) is 15.5. The Morgan fingerprint density at radius 3 is 2.23 bits per heavy atom. The number of phenolic OH excluding ortho intramolecular Hbond substituents is 1. The van der Waals surface area contributed by atoms with Crippen molar-refractivity contribution in [2.24, 2.45) is 10.9 Å². The molecule has 0 saturated carbocycles. The third kappa shape index (κ3) is 4.00. The van der Waals surface area contributed by atoms with Crippen LogP contribution in [0.2, 0.25) is 0 Å². The molecule has 0 amide bonds. The Kier molecular flexibility index (Phi) is 5.55. The Morgan fingerprint density at radius 1 is 1.00 bits per heavy atom. The SMILES string of the molecule is COc1cc(F)ccc1-c1c(/C(N)=N/O)cc(C(F)(F)F)cc1-c1ccc(O)cc1. The number of hydrogen-bond donors (Lipinski definition) is 3. The topological polar surface area (TPSA) is 88.1 Å². The van der Waals surface area contributed by atoms with Gasteiger partial charge in [-0.05, 0) is 47.5 Å². The van der Waals surface area contributed by atoms with E-state index in [1.807, 2.05) is 0 Å². The quantitative estimate of drug-likeness (QED) is 0.183. The van der Waals surface area contributed by atoms with Gasteiger partial charge < -0.3 is 20.8 Å². The number of halogens is 4. The molecule has 3 aromatic carbocycles. The molecule has 0 heterocycles. The average Bonchev–Trinajstić information content (AvgIpc) is 2.72. The van der Waals surface area contributed by atoms with Crippen LogP contribution in [0.5, 0.6) is 11.5 Å². The molecule has 0 radical (unpaired) electrons. The Labute approximate surface area is 168 Å². The van der Waals surface area contributed by atoms with Gasteiger partial charge in [-0.1, -0.05) is 17.3 Å². The lowest BCUT2D eigenvalue weighted by Crippen LogP contribution is -2.17. The highest BCUT2D eigenvalue weighted by atomic mass is 19.4. The fraction of sp³-hybridized carbons (Fsp3) is 0.0952. The Morgan fingerprint density at radius 2 is 1.67 bits per heavy atom. The highest BCUT2D eigenvalue weighted by Crippen LogP contribution is 2.43. The van der Waals surface area contributed by atoms with Gasteiger partial charge in [0.15, 0.2) is 5.84 Å². The summed E-state index contributed by atoms with van der Waals surface area (Å²) in [5.41, 5.74) is 5.21. The van der Waals surface area contributed by atoms with Crippen molar-refractivity contribution in [3.63, 3.8) is 0 Å². The van der Waals surface area contributed by atoms with E-state index >= 15 is 0 Å². The molecule has 0 aliphatic carbocycles. The van der Waals surface area contributed by atoms with E-state index in [1.54, 1.807) is 0 Å². The van der Waals surface area contributed by atoms with Crippen molar-refractivity contribution in [1.29, 1.82) is 0 Å². The standard InChI is InChI=1S/C21H16F4N2O3/c1-30-18-10-13(22)4-7-15(18)19-16(11-2-5-14(28)6-3-11)8-12(21(23,24)25)9-17(19)20(26)27-29/h2-10,28-29H,1H3,(H2,26,27). The van der Waals surface area contributed by atoms with Gasteiger partial charge in [0.1, 0.15) is 17.3 Å². The number of amidine groups is 1. The number of alkyl halides is 3. The number of benzene rings is 3. The summed E-state index contributed by atoms with van der Waals surface area (Å²) in [7, 11) is 1.28. The van der Waals surface area contributed by atoms with E-state index in [2.05, 4.69) is 5.16 Å². The van der Waals surface area contributed by atoms with Crippen molar-refractivity contribution in [3.8, 4) is 33.8 Å². The van der Waals surface area contributed by atoms with Gasteiger partial charge in [-0.25, -0.2) is 4.39 Å². The molecular formula is C21H16F4N2O3. The van der Waals surface area contributed by atoms with Crippen LogP contribution in [0.15, 0.2) is 59.8 Å². The number of phenols is 1. The lowest BCUT2D eigenvalue weighted by atomic mass is 9.87. The minimum absolute atomic E-state index is 0.0433. The molecule has 9 heteroatoms. The predicted molar refractivity (Wildman–Crippen MR) is 103 cm³/mol. The molecule has 0 atom stereocenters. The molecule has 0 saturated heterocycles. The van der Waals surface area contributed by atoms with Crippen molar-refractivity contribution in [1.82, 2.24) is 0 Å². The van der Waals surface area contributed by atoms with Gasteiger partial charge in [-0.3, -0.25) is 0 Å². The lowest BCUT2D eigenvalue weighted by molar-refractivity contribution is -0.137. The zero-order chi connectivity index (χ0) is 22.1. The van der Waals surface area contributed by atoms with E-state index in [0.29, 0.717) is 5.56 Å². The van der Waals surface area contributed by atoms with Crippen LogP contribution >= 0.6 is 0 Å². The van der Waals surface area contributed by atoms with Crippen LogP contribution in [0.4, 0.5) is 17.6 Å². The lowest BCUT2D eigenvalue weighted by Gasteiger charge is -2.20. The first-order chi connectivity index (χ1) is 14.2. The number of nitrogens with zero attached hydrogens (tertiary/aromatic N) is 1. The number of methoxy groups -OCH3 is 1. The maximum absolute atomic E-state index is 13.7. The van der Waals surface area contributed by atoms with Gasteiger partial charge in [0.25, 0.3) is 0 Å². The van der Waals surface area contributed by atoms with Crippen molar-refractivity contribution in [2.45, 2.75) is 6.18 Å². The number of nitrogens with two attached hydrogens (primary N) is 1. The summed E-state index contributed by atoms with van der Waals surface area (Å²) in [6.07, 6.45) is -4.72. The summed E-state index contributed by atoms with van der Waals surface area (Å²) in [6, 6.07) is 10.6. The molecule has 156 valence electrons. The molecule has 5 nitrogen and oxygen atoms in total. The first-order valence-electron chi connectivity index (χ1n) is 8.52. The van der Waals surface area contributed by atoms with Crippen LogP contribution in [0.25, 0.3) is 22.3 Å². The van der Waals surface area contributed by atoms with E-state index < -0.39 is 23.4 Å². The van der Waals surface area contributed by atoms with Crippen LogP contribution in [0.3, 0.4) is 0 Å². The smallest absolute Gasteiger partial charge is 0.416 e. The molecule has 0 aromatic heterocycles. The van der Waals surface area contributed by atoms with Crippen LogP contribution in [0.1, 0.15) is 11.1 Å². The molecule has 0 aliphatic rings. The highest BCUT2D eigenvalue weighted by Gasteiger charge is 2.33. The van der Waals surface area contributed by atoms with Crippen molar-refractivity contribution < 1.29 is 32.6 Å². The van der Waals surface area contributed by atoms with E-state index in [-0.39, 0.29) is 33.8 Å². The van der Waals surface area contributed by atoms with Crippen molar-refractivity contribution in [3.05, 3.63) is 71.5 Å². The van der Waals surface area contributed by atoms with Crippen LogP contribution in [-0.2, 0) is 6.18 Å². The Hall–Kier alpha value is -3.75. The normalized spacial score (nSPS) is 12.1. The molecule has 0 fully saturated rings. The predicted octanol–water partition coefficient (Wildman–Crippen LogP) is 4.99. The first-order valence-corrected chi connectivity index (χ1v) is 8.52. The molecule has 3 rings (SSSR count). The van der Waals surface area contributed by atoms with E-state index in [4.69, 9.17) is 10.5 Å². The van der Waals surface area contributed by atoms with Gasteiger partial charge >= 0.3 is 6.18 Å². The van der Waals surface area contributed by atoms with Gasteiger partial charge in [-0.15, -0.1) is 0 Å². The van der Waals surface area contributed by atoms with Gasteiger partial charge in [0.05, 0.1) is 12.7 Å². The number of aromatic hydroxyl groups is 1. The van der Waals surface area contributed by atoms with Crippen LogP contribution in [0, 0.1) is 5.82 Å². The van der Waals surface area contributed by atoms with Crippen LogP contribution < -0.4 is 10.5 Å². The molecular weight excluding hydrogens is 404 g/mol. The largest absolute Gasteiger partial charge is 0.508 e. The highest BCUT2D eigenvalue weighted by molar-refractivity contribution is 6.07. The third-order valence-corrected chi connectivity index (χ3v) is 4.46. The minimum atomic E-state index is -4.72. The third-order valence-electron chi connectivity index (χ3n) is 4.46. The Balaban J connectivity index is 2.48. The van der Waals surface area contributed by atoms with Gasteiger partial charge in [0, 0.05) is 22.8 Å².